The normalized spacial score (nSPS) is 15.4. The molecule has 3 aromatic carbocycles. The second-order valence-corrected chi connectivity index (χ2v) is 9.62. The highest BCUT2D eigenvalue weighted by molar-refractivity contribution is 5.92. The first-order chi connectivity index (χ1) is 17.3. The highest BCUT2D eigenvalue weighted by Gasteiger charge is 2.34. The fourth-order valence-corrected chi connectivity index (χ4v) is 4.42. The van der Waals surface area contributed by atoms with Gasteiger partial charge in [0.15, 0.2) is 0 Å². The van der Waals surface area contributed by atoms with Crippen molar-refractivity contribution in [1.29, 1.82) is 0 Å². The van der Waals surface area contributed by atoms with Gasteiger partial charge in [0.2, 0.25) is 5.91 Å². The minimum absolute atomic E-state index is 0.0450. The molecule has 0 spiro atoms. The van der Waals surface area contributed by atoms with Gasteiger partial charge in [-0.15, -0.1) is 0 Å². The molecule has 0 aromatic heterocycles. The smallest absolute Gasteiger partial charge is 0.335 e. The fraction of sp³-hybridized carbons (Fsp3) is 0.310. The van der Waals surface area contributed by atoms with E-state index in [0.717, 1.165) is 49.5 Å². The maximum absolute atomic E-state index is 12.7. The van der Waals surface area contributed by atoms with Crippen LogP contribution in [-0.4, -0.2) is 59.0 Å². The molecule has 0 aliphatic carbocycles. The summed E-state index contributed by atoms with van der Waals surface area (Å²) in [7, 11) is 2.01. The first kappa shape index (κ1) is 25.4. The van der Waals surface area contributed by atoms with Crippen LogP contribution in [-0.2, 0) is 11.3 Å². The molecule has 1 fully saturated rings. The summed E-state index contributed by atoms with van der Waals surface area (Å²) in [5.41, 5.74) is 2.09. The Balaban J connectivity index is 1.23. The largest absolute Gasteiger partial charge is 0.478 e. The number of hydrogen-bond donors (Lipinski definition) is 2. The monoisotopic (exact) mass is 487 g/mol. The first-order valence-electron chi connectivity index (χ1n) is 12.2. The number of nitrogens with zero attached hydrogens (tertiary/aromatic N) is 2. The lowest BCUT2D eigenvalue weighted by Gasteiger charge is -2.45. The number of ether oxygens (including phenoxy) is 1. The van der Waals surface area contributed by atoms with E-state index >= 15 is 0 Å². The molecule has 0 radical (unpaired) electrons. The highest BCUT2D eigenvalue weighted by Crippen LogP contribution is 2.28. The molecule has 3 aromatic rings. The van der Waals surface area contributed by atoms with Gasteiger partial charge in [-0.2, -0.15) is 0 Å². The van der Waals surface area contributed by atoms with Crippen LogP contribution in [0, 0.1) is 0 Å². The molecule has 1 aliphatic heterocycles. The summed E-state index contributed by atoms with van der Waals surface area (Å²) in [6, 6.07) is 24.0. The molecular weight excluding hydrogens is 454 g/mol. The van der Waals surface area contributed by atoms with Crippen molar-refractivity contribution in [2.45, 2.75) is 31.8 Å². The molecular formula is C29H33N3O4. The van der Waals surface area contributed by atoms with Crippen LogP contribution in [0.15, 0.2) is 78.9 Å². The molecule has 4 rings (SSSR count). The first-order valence-corrected chi connectivity index (χ1v) is 12.2. The van der Waals surface area contributed by atoms with Crippen molar-refractivity contribution in [2.75, 3.05) is 32.0 Å². The van der Waals surface area contributed by atoms with Crippen LogP contribution in [0.4, 0.5) is 5.69 Å². The SMILES string of the molecule is CN(CC(=O)Nc1ccc(Oc2ccccc2)cc1)C1(C)CCN(Cc2ccc(C(=O)O)cc2)CC1. The number of para-hydroxylation sites is 1. The lowest BCUT2D eigenvalue weighted by Crippen LogP contribution is -2.53. The van der Waals surface area contributed by atoms with Crippen LogP contribution >= 0.6 is 0 Å². The zero-order valence-electron chi connectivity index (χ0n) is 20.8. The Bertz CT molecular complexity index is 1160. The van der Waals surface area contributed by atoms with E-state index in [1.807, 2.05) is 73.8 Å². The van der Waals surface area contributed by atoms with Crippen LogP contribution in [0.1, 0.15) is 35.7 Å². The molecule has 0 bridgehead atoms. The molecule has 7 nitrogen and oxygen atoms in total. The number of aromatic carboxylic acids is 1. The van der Waals surface area contributed by atoms with Gasteiger partial charge in [-0.25, -0.2) is 4.79 Å². The van der Waals surface area contributed by atoms with Crippen molar-refractivity contribution in [2.24, 2.45) is 0 Å². The van der Waals surface area contributed by atoms with Gasteiger partial charge in [0.05, 0.1) is 12.1 Å². The minimum Gasteiger partial charge on any atom is -0.478 e. The maximum atomic E-state index is 12.7. The zero-order chi connectivity index (χ0) is 25.5. The Morgan fingerprint density at radius 2 is 1.56 bits per heavy atom. The van der Waals surface area contributed by atoms with Crippen LogP contribution in [0.5, 0.6) is 11.5 Å². The molecule has 36 heavy (non-hydrogen) atoms. The van der Waals surface area contributed by atoms with Gasteiger partial charge in [0, 0.05) is 30.9 Å². The number of benzene rings is 3. The molecule has 1 aliphatic rings. The van der Waals surface area contributed by atoms with E-state index < -0.39 is 5.97 Å². The molecule has 2 N–H and O–H groups in total. The van der Waals surface area contributed by atoms with E-state index in [9.17, 15) is 9.59 Å². The van der Waals surface area contributed by atoms with E-state index in [1.165, 1.54) is 0 Å². The molecule has 7 heteroatoms. The Labute approximate surface area is 212 Å². The van der Waals surface area contributed by atoms with Crippen molar-refractivity contribution in [1.82, 2.24) is 9.80 Å². The number of carbonyl (C=O) groups is 2. The minimum atomic E-state index is -0.906. The van der Waals surface area contributed by atoms with Crippen molar-refractivity contribution >= 4 is 17.6 Å². The Kier molecular flexibility index (Phi) is 8.03. The Morgan fingerprint density at radius 3 is 2.17 bits per heavy atom. The standard InChI is InChI=1S/C29H33N3O4/c1-29(16-18-32(19-17-29)20-22-8-10-23(11-9-22)28(34)35)31(2)21-27(33)30-24-12-14-26(15-13-24)36-25-6-4-3-5-7-25/h3-15H,16-21H2,1-2H3,(H,30,33)(H,34,35). The summed E-state index contributed by atoms with van der Waals surface area (Å²) in [5.74, 6) is 0.535. The molecule has 1 amide bonds. The second kappa shape index (κ2) is 11.4. The third-order valence-electron chi connectivity index (χ3n) is 6.96. The lowest BCUT2D eigenvalue weighted by molar-refractivity contribution is -0.118. The van der Waals surface area contributed by atoms with Gasteiger partial charge in [-0.05, 0) is 80.9 Å². The van der Waals surface area contributed by atoms with E-state index in [-0.39, 0.29) is 11.4 Å². The van der Waals surface area contributed by atoms with Crippen LogP contribution in [0.2, 0.25) is 0 Å². The summed E-state index contributed by atoms with van der Waals surface area (Å²) >= 11 is 0. The topological polar surface area (TPSA) is 82.1 Å². The van der Waals surface area contributed by atoms with E-state index in [1.54, 1.807) is 12.1 Å². The number of likely N-dealkylation sites (N-methyl/N-ethyl adjacent to an activating group) is 1. The second-order valence-electron chi connectivity index (χ2n) is 9.62. The molecule has 0 unspecified atom stereocenters. The number of likely N-dealkylation sites (tertiary alicyclic amines) is 1. The number of piperidine rings is 1. The number of hydrogen-bond acceptors (Lipinski definition) is 5. The summed E-state index contributed by atoms with van der Waals surface area (Å²) in [4.78, 5) is 28.3. The number of carbonyl (C=O) groups excluding carboxylic acids is 1. The summed E-state index contributed by atoms with van der Waals surface area (Å²) in [5, 5.41) is 12.0. The average molecular weight is 488 g/mol. The van der Waals surface area contributed by atoms with Crippen LogP contribution in [0.3, 0.4) is 0 Å². The van der Waals surface area contributed by atoms with Crippen molar-refractivity contribution in [3.63, 3.8) is 0 Å². The number of anilines is 1. The van der Waals surface area contributed by atoms with Crippen LogP contribution < -0.4 is 10.1 Å². The van der Waals surface area contributed by atoms with Crippen molar-refractivity contribution in [3.05, 3.63) is 90.0 Å². The van der Waals surface area contributed by atoms with Gasteiger partial charge in [0.1, 0.15) is 11.5 Å². The Morgan fingerprint density at radius 1 is 0.944 bits per heavy atom. The zero-order valence-corrected chi connectivity index (χ0v) is 20.8. The van der Waals surface area contributed by atoms with E-state index in [4.69, 9.17) is 9.84 Å². The summed E-state index contributed by atoms with van der Waals surface area (Å²) in [6.07, 6.45) is 1.91. The van der Waals surface area contributed by atoms with Crippen LogP contribution in [0.25, 0.3) is 0 Å². The number of rotatable bonds is 9. The molecule has 0 atom stereocenters. The van der Waals surface area contributed by atoms with Crippen molar-refractivity contribution < 1.29 is 19.4 Å². The van der Waals surface area contributed by atoms with Gasteiger partial charge < -0.3 is 15.2 Å². The number of nitrogens with one attached hydrogen (secondary N) is 1. The number of carboxylic acid groups (broad SMARTS) is 1. The molecule has 0 saturated carbocycles. The van der Waals surface area contributed by atoms with E-state index in [0.29, 0.717) is 17.9 Å². The fourth-order valence-electron chi connectivity index (χ4n) is 4.42. The lowest BCUT2D eigenvalue weighted by atomic mass is 9.87. The van der Waals surface area contributed by atoms with Gasteiger partial charge in [-0.1, -0.05) is 30.3 Å². The molecule has 188 valence electrons. The highest BCUT2D eigenvalue weighted by atomic mass is 16.5. The van der Waals surface area contributed by atoms with E-state index in [2.05, 4.69) is 22.0 Å². The van der Waals surface area contributed by atoms with Gasteiger partial charge in [0.25, 0.3) is 0 Å². The average Bonchev–Trinajstić information content (AvgIpc) is 2.87. The quantitative estimate of drug-likeness (QED) is 0.437. The molecule has 1 saturated heterocycles. The van der Waals surface area contributed by atoms with Crippen molar-refractivity contribution in [3.8, 4) is 11.5 Å². The molecule has 1 heterocycles. The predicted molar refractivity (Wildman–Crippen MR) is 141 cm³/mol. The van der Waals surface area contributed by atoms with Gasteiger partial charge in [-0.3, -0.25) is 14.6 Å². The van der Waals surface area contributed by atoms with Gasteiger partial charge >= 0.3 is 5.97 Å². The Hall–Kier alpha value is -3.68. The third-order valence-corrected chi connectivity index (χ3v) is 6.96. The third kappa shape index (κ3) is 6.71. The summed E-state index contributed by atoms with van der Waals surface area (Å²) in [6.45, 7) is 5.17. The summed E-state index contributed by atoms with van der Waals surface area (Å²) < 4.78 is 5.81. The predicted octanol–water partition coefficient (Wildman–Crippen LogP) is 5.10. The maximum Gasteiger partial charge on any atom is 0.335 e. The number of carboxylic acids is 1. The number of amides is 1.